The molecule has 0 aliphatic heterocycles. The molecule has 0 aromatic heterocycles. The van der Waals surface area contributed by atoms with E-state index in [2.05, 4.69) is 31.2 Å². The Morgan fingerprint density at radius 1 is 1.23 bits per heavy atom. The molecule has 0 N–H and O–H groups in total. The molecule has 0 saturated heterocycles. The molecule has 0 radical (unpaired) electrons. The first kappa shape index (κ1) is 9.08. The Bertz CT molecular complexity index is 293. The van der Waals surface area contributed by atoms with Crippen LogP contribution in [0.4, 0.5) is 0 Å². The van der Waals surface area contributed by atoms with Crippen molar-refractivity contribution in [1.82, 2.24) is 0 Å². The summed E-state index contributed by atoms with van der Waals surface area (Å²) in [5, 5.41) is 0. The fourth-order valence-electron chi connectivity index (χ4n) is 2.25. The summed E-state index contributed by atoms with van der Waals surface area (Å²) in [4.78, 5) is 0. The third-order valence-electron chi connectivity index (χ3n) is 3.10. The van der Waals surface area contributed by atoms with E-state index in [-0.39, 0.29) is 0 Å². The standard InChI is InChI=1S/C12H15Cl/c1-9-6-7-10(8-13)12-5-3-2-4-11(9)12/h2-5,9-10H,6-8H2,1H3. The Kier molecular flexibility index (Phi) is 2.59. The van der Waals surface area contributed by atoms with Crippen LogP contribution in [0.3, 0.4) is 0 Å². The van der Waals surface area contributed by atoms with E-state index in [1.165, 1.54) is 24.0 Å². The van der Waals surface area contributed by atoms with Crippen LogP contribution in [0.15, 0.2) is 24.3 Å². The lowest BCUT2D eigenvalue weighted by atomic mass is 9.78. The zero-order chi connectivity index (χ0) is 9.26. The molecule has 70 valence electrons. The zero-order valence-corrected chi connectivity index (χ0v) is 8.72. The normalized spacial score (nSPS) is 26.9. The molecule has 0 amide bonds. The van der Waals surface area contributed by atoms with E-state index < -0.39 is 0 Å². The molecule has 2 rings (SSSR count). The molecule has 1 aromatic carbocycles. The first-order valence-corrected chi connectivity index (χ1v) is 5.51. The largest absolute Gasteiger partial charge is 0.126 e. The van der Waals surface area contributed by atoms with Crippen molar-refractivity contribution in [3.05, 3.63) is 35.4 Å². The third-order valence-corrected chi connectivity index (χ3v) is 3.47. The van der Waals surface area contributed by atoms with Crippen molar-refractivity contribution in [2.75, 3.05) is 5.88 Å². The molecule has 0 spiro atoms. The van der Waals surface area contributed by atoms with Crippen LogP contribution >= 0.6 is 11.6 Å². The van der Waals surface area contributed by atoms with E-state index in [1.54, 1.807) is 0 Å². The molecule has 1 aliphatic rings. The van der Waals surface area contributed by atoms with Gasteiger partial charge in [0.2, 0.25) is 0 Å². The average Bonchev–Trinajstić information content (AvgIpc) is 2.19. The maximum absolute atomic E-state index is 5.96. The van der Waals surface area contributed by atoms with Gasteiger partial charge in [0.25, 0.3) is 0 Å². The van der Waals surface area contributed by atoms with E-state index in [9.17, 15) is 0 Å². The smallest absolute Gasteiger partial charge is 0.0292 e. The van der Waals surface area contributed by atoms with Gasteiger partial charge in [-0.15, -0.1) is 11.6 Å². The number of rotatable bonds is 1. The fraction of sp³-hybridized carbons (Fsp3) is 0.500. The lowest BCUT2D eigenvalue weighted by Gasteiger charge is -2.28. The van der Waals surface area contributed by atoms with Crippen LogP contribution < -0.4 is 0 Å². The van der Waals surface area contributed by atoms with Gasteiger partial charge in [0.15, 0.2) is 0 Å². The van der Waals surface area contributed by atoms with Crippen LogP contribution in [0.2, 0.25) is 0 Å². The highest BCUT2D eigenvalue weighted by atomic mass is 35.5. The summed E-state index contributed by atoms with van der Waals surface area (Å²) in [6.07, 6.45) is 2.54. The van der Waals surface area contributed by atoms with Gasteiger partial charge in [0, 0.05) is 5.88 Å². The Morgan fingerprint density at radius 3 is 2.62 bits per heavy atom. The van der Waals surface area contributed by atoms with Gasteiger partial charge < -0.3 is 0 Å². The van der Waals surface area contributed by atoms with Gasteiger partial charge in [-0.2, -0.15) is 0 Å². The quantitative estimate of drug-likeness (QED) is 0.595. The molecule has 0 fully saturated rings. The zero-order valence-electron chi connectivity index (χ0n) is 7.96. The molecule has 0 nitrogen and oxygen atoms in total. The number of fused-ring (bicyclic) bond motifs is 1. The lowest BCUT2D eigenvalue weighted by molar-refractivity contribution is 0.530. The van der Waals surface area contributed by atoms with Gasteiger partial charge in [-0.25, -0.2) is 0 Å². The number of alkyl halides is 1. The Hall–Kier alpha value is -0.490. The van der Waals surface area contributed by atoms with Gasteiger partial charge >= 0.3 is 0 Å². The monoisotopic (exact) mass is 194 g/mol. The minimum Gasteiger partial charge on any atom is -0.126 e. The summed E-state index contributed by atoms with van der Waals surface area (Å²) < 4.78 is 0. The molecule has 0 bridgehead atoms. The number of benzene rings is 1. The van der Waals surface area contributed by atoms with Crippen LogP contribution in [0, 0.1) is 0 Å². The van der Waals surface area contributed by atoms with Crippen LogP contribution in [-0.4, -0.2) is 5.88 Å². The molecule has 0 saturated carbocycles. The highest BCUT2D eigenvalue weighted by Gasteiger charge is 2.23. The second-order valence-corrected chi connectivity index (χ2v) is 4.27. The van der Waals surface area contributed by atoms with Gasteiger partial charge in [-0.05, 0) is 35.8 Å². The SMILES string of the molecule is CC1CCC(CCl)c2ccccc21. The number of hydrogen-bond donors (Lipinski definition) is 0. The van der Waals surface area contributed by atoms with Gasteiger partial charge in [0.1, 0.15) is 0 Å². The van der Waals surface area contributed by atoms with E-state index in [4.69, 9.17) is 11.6 Å². The summed E-state index contributed by atoms with van der Waals surface area (Å²) >= 11 is 5.96. The van der Waals surface area contributed by atoms with Crippen molar-refractivity contribution in [1.29, 1.82) is 0 Å². The average molecular weight is 195 g/mol. The number of halogens is 1. The topological polar surface area (TPSA) is 0 Å². The molecule has 0 heterocycles. The molecule has 1 aliphatic carbocycles. The van der Waals surface area contributed by atoms with Gasteiger partial charge in [0.05, 0.1) is 0 Å². The summed E-state index contributed by atoms with van der Waals surface area (Å²) in [5.41, 5.74) is 3.00. The second kappa shape index (κ2) is 3.71. The van der Waals surface area contributed by atoms with E-state index in [0.29, 0.717) is 5.92 Å². The minimum absolute atomic E-state index is 0.592. The lowest BCUT2D eigenvalue weighted by Crippen LogP contribution is -2.13. The molecular weight excluding hydrogens is 180 g/mol. The second-order valence-electron chi connectivity index (χ2n) is 3.96. The molecule has 1 heteroatoms. The highest BCUT2D eigenvalue weighted by molar-refractivity contribution is 6.18. The predicted octanol–water partition coefficient (Wildman–Crippen LogP) is 3.91. The summed E-state index contributed by atoms with van der Waals surface area (Å²) in [6, 6.07) is 8.74. The summed E-state index contributed by atoms with van der Waals surface area (Å²) in [6.45, 7) is 2.31. The van der Waals surface area contributed by atoms with Crippen LogP contribution in [0.5, 0.6) is 0 Å². The molecule has 1 aromatic rings. The highest BCUT2D eigenvalue weighted by Crippen LogP contribution is 2.38. The molecule has 2 unspecified atom stereocenters. The summed E-state index contributed by atoms with van der Waals surface area (Å²) in [5.74, 6) is 2.08. The van der Waals surface area contributed by atoms with Crippen LogP contribution in [0.1, 0.15) is 42.7 Å². The minimum atomic E-state index is 0.592. The van der Waals surface area contributed by atoms with E-state index in [0.717, 1.165) is 11.8 Å². The van der Waals surface area contributed by atoms with Gasteiger partial charge in [-0.3, -0.25) is 0 Å². The van der Waals surface area contributed by atoms with Crippen molar-refractivity contribution in [2.24, 2.45) is 0 Å². The van der Waals surface area contributed by atoms with E-state index >= 15 is 0 Å². The van der Waals surface area contributed by atoms with Crippen molar-refractivity contribution >= 4 is 11.6 Å². The van der Waals surface area contributed by atoms with Crippen molar-refractivity contribution in [3.8, 4) is 0 Å². The maximum Gasteiger partial charge on any atom is 0.0292 e. The van der Waals surface area contributed by atoms with E-state index in [1.807, 2.05) is 0 Å². The van der Waals surface area contributed by atoms with Crippen LogP contribution in [-0.2, 0) is 0 Å². The molecule has 13 heavy (non-hydrogen) atoms. The fourth-order valence-corrected chi connectivity index (χ4v) is 2.57. The maximum atomic E-state index is 5.96. The summed E-state index contributed by atoms with van der Waals surface area (Å²) in [7, 11) is 0. The third kappa shape index (κ3) is 1.60. The molecular formula is C12H15Cl. The first-order valence-electron chi connectivity index (χ1n) is 4.97. The number of hydrogen-bond acceptors (Lipinski definition) is 0. The Labute approximate surface area is 84.9 Å². The Balaban J connectivity index is 2.42. The predicted molar refractivity (Wildman–Crippen MR) is 57.6 cm³/mol. The van der Waals surface area contributed by atoms with Gasteiger partial charge in [-0.1, -0.05) is 31.2 Å². The molecule has 2 atom stereocenters. The van der Waals surface area contributed by atoms with Crippen molar-refractivity contribution in [3.63, 3.8) is 0 Å². The van der Waals surface area contributed by atoms with Crippen molar-refractivity contribution < 1.29 is 0 Å². The van der Waals surface area contributed by atoms with Crippen LogP contribution in [0.25, 0.3) is 0 Å². The first-order chi connectivity index (χ1) is 6.33. The van der Waals surface area contributed by atoms with Crippen molar-refractivity contribution in [2.45, 2.75) is 31.6 Å². The Morgan fingerprint density at radius 2 is 1.92 bits per heavy atom.